The molecule has 6 aromatic rings. The Kier molecular flexibility index (Phi) is 5.46. The van der Waals surface area contributed by atoms with Gasteiger partial charge in [-0.3, -0.25) is 0 Å². The van der Waals surface area contributed by atoms with E-state index in [1.807, 2.05) is 72.8 Å². The van der Waals surface area contributed by atoms with Crippen LogP contribution in [0.2, 0.25) is 0 Å². The van der Waals surface area contributed by atoms with Crippen LogP contribution in [0.1, 0.15) is 38.8 Å². The van der Waals surface area contributed by atoms with Crippen molar-refractivity contribution in [3.05, 3.63) is 126 Å². The average Bonchev–Trinajstić information content (AvgIpc) is 3.40. The van der Waals surface area contributed by atoms with Gasteiger partial charge in [0.1, 0.15) is 5.58 Å². The Morgan fingerprint density at radius 2 is 1.15 bits per heavy atom. The number of alkyl halides is 2. The Balaban J connectivity index is 1.52. The number of anilines is 3. The standard InChI is InChI=1S/C37H31F2NO/c1-35(2)30-20-19-24(22-31(30)36(3,4)37(35,38)39)25-21-29-28-17-11-12-18-33(28)41-34(29)32(23-25)40(26-13-7-5-8-14-26)27-15-9-6-10-16-27/h5-23H,1-4H3. The molecule has 41 heavy (non-hydrogen) atoms. The highest BCUT2D eigenvalue weighted by Gasteiger charge is 2.65. The van der Waals surface area contributed by atoms with Crippen molar-refractivity contribution in [2.75, 3.05) is 4.90 Å². The molecule has 0 saturated heterocycles. The van der Waals surface area contributed by atoms with Crippen molar-refractivity contribution in [3.8, 4) is 11.1 Å². The summed E-state index contributed by atoms with van der Waals surface area (Å²) in [6.45, 7) is 6.63. The molecule has 204 valence electrons. The summed E-state index contributed by atoms with van der Waals surface area (Å²) in [5, 5.41) is 2.00. The molecule has 0 unspecified atom stereocenters. The van der Waals surface area contributed by atoms with Crippen molar-refractivity contribution < 1.29 is 13.2 Å². The van der Waals surface area contributed by atoms with E-state index in [-0.39, 0.29) is 0 Å². The molecule has 0 saturated carbocycles. The number of rotatable bonds is 4. The number of nitrogens with zero attached hydrogens (tertiary/aromatic N) is 1. The Morgan fingerprint density at radius 3 is 1.80 bits per heavy atom. The lowest BCUT2D eigenvalue weighted by Crippen LogP contribution is -2.46. The van der Waals surface area contributed by atoms with E-state index in [9.17, 15) is 0 Å². The van der Waals surface area contributed by atoms with Crippen molar-refractivity contribution >= 4 is 39.0 Å². The monoisotopic (exact) mass is 543 g/mol. The fraction of sp³-hybridized carbons (Fsp3) is 0.189. The third kappa shape index (κ3) is 3.59. The zero-order valence-electron chi connectivity index (χ0n) is 23.6. The lowest BCUT2D eigenvalue weighted by atomic mass is 9.77. The van der Waals surface area contributed by atoms with Gasteiger partial charge in [0, 0.05) is 22.1 Å². The summed E-state index contributed by atoms with van der Waals surface area (Å²) in [6.07, 6.45) is 0. The topological polar surface area (TPSA) is 16.4 Å². The normalized spacial score (nSPS) is 16.6. The SMILES string of the molecule is CC1(C)c2ccc(-c3cc(N(c4ccccc4)c4ccccc4)c4oc5ccccc5c4c3)cc2C(C)(C)C1(F)F. The van der Waals surface area contributed by atoms with Gasteiger partial charge in [-0.1, -0.05) is 72.8 Å². The van der Waals surface area contributed by atoms with Crippen LogP contribution >= 0.6 is 0 Å². The molecule has 0 N–H and O–H groups in total. The number of halogens is 2. The number of benzene rings is 5. The Labute approximate surface area is 238 Å². The van der Waals surface area contributed by atoms with Gasteiger partial charge in [-0.15, -0.1) is 0 Å². The largest absolute Gasteiger partial charge is 0.454 e. The summed E-state index contributed by atoms with van der Waals surface area (Å²) in [7, 11) is 0. The molecule has 2 nitrogen and oxygen atoms in total. The van der Waals surface area contributed by atoms with E-state index in [1.165, 1.54) is 0 Å². The highest BCUT2D eigenvalue weighted by atomic mass is 19.3. The summed E-state index contributed by atoms with van der Waals surface area (Å²) in [5.74, 6) is -2.88. The van der Waals surface area contributed by atoms with E-state index in [2.05, 4.69) is 47.4 Å². The van der Waals surface area contributed by atoms with E-state index in [0.29, 0.717) is 11.1 Å². The second-order valence-corrected chi connectivity index (χ2v) is 12.1. The molecule has 0 aliphatic heterocycles. The van der Waals surface area contributed by atoms with Crippen molar-refractivity contribution in [1.29, 1.82) is 0 Å². The zero-order valence-corrected chi connectivity index (χ0v) is 23.6. The second kappa shape index (κ2) is 8.78. The molecule has 0 amide bonds. The van der Waals surface area contributed by atoms with Crippen LogP contribution in [0.15, 0.2) is 120 Å². The van der Waals surface area contributed by atoms with E-state index in [1.54, 1.807) is 27.7 Å². The molecule has 5 aromatic carbocycles. The van der Waals surface area contributed by atoms with E-state index >= 15 is 8.78 Å². The fourth-order valence-corrected chi connectivity index (χ4v) is 6.63. The number of hydrogen-bond acceptors (Lipinski definition) is 2. The summed E-state index contributed by atoms with van der Waals surface area (Å²) in [5.41, 5.74) is 5.17. The lowest BCUT2D eigenvalue weighted by Gasteiger charge is -2.35. The van der Waals surface area contributed by atoms with Crippen LogP contribution in [0.3, 0.4) is 0 Å². The maximum absolute atomic E-state index is 15.7. The van der Waals surface area contributed by atoms with Gasteiger partial charge >= 0.3 is 0 Å². The molecule has 1 aromatic heterocycles. The zero-order chi connectivity index (χ0) is 28.6. The van der Waals surface area contributed by atoms with Gasteiger partial charge in [0.2, 0.25) is 0 Å². The van der Waals surface area contributed by atoms with Crippen molar-refractivity contribution in [2.45, 2.75) is 44.4 Å². The van der Waals surface area contributed by atoms with Crippen molar-refractivity contribution in [1.82, 2.24) is 0 Å². The van der Waals surface area contributed by atoms with Gasteiger partial charge in [0.25, 0.3) is 5.92 Å². The van der Waals surface area contributed by atoms with Crippen LogP contribution in [-0.2, 0) is 10.8 Å². The second-order valence-electron chi connectivity index (χ2n) is 12.1. The summed E-state index contributed by atoms with van der Waals surface area (Å²) in [4.78, 5) is 2.20. The predicted octanol–water partition coefficient (Wildman–Crippen LogP) is 10.9. The number of para-hydroxylation sites is 3. The minimum Gasteiger partial charge on any atom is -0.454 e. The maximum atomic E-state index is 15.7. The minimum atomic E-state index is -2.88. The molecular weight excluding hydrogens is 512 g/mol. The van der Waals surface area contributed by atoms with Crippen LogP contribution < -0.4 is 4.90 Å². The van der Waals surface area contributed by atoms with Gasteiger partial charge < -0.3 is 9.32 Å². The third-order valence-corrected chi connectivity index (χ3v) is 9.00. The highest BCUT2D eigenvalue weighted by Crippen LogP contribution is 2.60. The summed E-state index contributed by atoms with van der Waals surface area (Å²) in [6, 6.07) is 38.6. The molecular formula is C37H31F2NO. The number of hydrogen-bond donors (Lipinski definition) is 0. The summed E-state index contributed by atoms with van der Waals surface area (Å²) >= 11 is 0. The highest BCUT2D eigenvalue weighted by molar-refractivity contribution is 6.12. The molecule has 1 aliphatic carbocycles. The van der Waals surface area contributed by atoms with Crippen LogP contribution in [0.5, 0.6) is 0 Å². The average molecular weight is 544 g/mol. The van der Waals surface area contributed by atoms with Crippen LogP contribution in [0.4, 0.5) is 25.8 Å². The van der Waals surface area contributed by atoms with Gasteiger partial charge in [0.15, 0.2) is 5.58 Å². The first kappa shape index (κ1) is 25.5. The molecule has 1 heterocycles. The molecule has 4 heteroatoms. The predicted molar refractivity (Wildman–Crippen MR) is 165 cm³/mol. The Hall–Kier alpha value is -4.44. The molecule has 0 atom stereocenters. The first-order valence-corrected chi connectivity index (χ1v) is 14.0. The molecule has 7 rings (SSSR count). The Bertz CT molecular complexity index is 1880. The molecule has 0 spiro atoms. The lowest BCUT2D eigenvalue weighted by molar-refractivity contribution is -0.105. The van der Waals surface area contributed by atoms with Gasteiger partial charge in [-0.2, -0.15) is 0 Å². The van der Waals surface area contributed by atoms with E-state index < -0.39 is 16.8 Å². The molecule has 0 radical (unpaired) electrons. The number of furan rings is 1. The smallest absolute Gasteiger partial charge is 0.266 e. The van der Waals surface area contributed by atoms with Crippen LogP contribution in [0.25, 0.3) is 33.1 Å². The van der Waals surface area contributed by atoms with Crippen molar-refractivity contribution in [2.24, 2.45) is 0 Å². The van der Waals surface area contributed by atoms with E-state index in [0.717, 1.165) is 50.1 Å². The summed E-state index contributed by atoms with van der Waals surface area (Å²) < 4.78 is 37.9. The molecule has 0 fully saturated rings. The van der Waals surface area contributed by atoms with Gasteiger partial charge in [0.05, 0.1) is 16.5 Å². The Morgan fingerprint density at radius 1 is 0.561 bits per heavy atom. The van der Waals surface area contributed by atoms with Crippen LogP contribution in [-0.4, -0.2) is 5.92 Å². The molecule has 1 aliphatic rings. The minimum absolute atomic E-state index is 0.701. The fourth-order valence-electron chi connectivity index (χ4n) is 6.63. The van der Waals surface area contributed by atoms with Crippen LogP contribution in [0, 0.1) is 0 Å². The third-order valence-electron chi connectivity index (χ3n) is 9.00. The maximum Gasteiger partial charge on any atom is 0.266 e. The first-order valence-electron chi connectivity index (χ1n) is 14.0. The van der Waals surface area contributed by atoms with Crippen molar-refractivity contribution in [3.63, 3.8) is 0 Å². The number of fused-ring (bicyclic) bond motifs is 4. The van der Waals surface area contributed by atoms with Gasteiger partial charge in [-0.25, -0.2) is 8.78 Å². The quantitative estimate of drug-likeness (QED) is 0.220. The molecule has 0 bridgehead atoms. The van der Waals surface area contributed by atoms with Gasteiger partial charge in [-0.05, 0) is 92.4 Å². The first-order chi connectivity index (χ1) is 19.6. The van der Waals surface area contributed by atoms with E-state index in [4.69, 9.17) is 4.42 Å².